The van der Waals surface area contributed by atoms with Crippen molar-refractivity contribution in [2.75, 3.05) is 20.3 Å². The van der Waals surface area contributed by atoms with Gasteiger partial charge in [-0.05, 0) is 54.8 Å². The van der Waals surface area contributed by atoms with E-state index in [-0.39, 0.29) is 24.0 Å². The third-order valence-electron chi connectivity index (χ3n) is 5.49. The molecule has 0 bridgehead atoms. The molecule has 0 spiro atoms. The van der Waals surface area contributed by atoms with Gasteiger partial charge in [-0.3, -0.25) is 9.59 Å². The molecular weight excluding hydrogens is 389 g/mol. The van der Waals surface area contributed by atoms with Crippen LogP contribution in [0.4, 0.5) is 4.39 Å². The van der Waals surface area contributed by atoms with Gasteiger partial charge >= 0.3 is 0 Å². The monoisotopic (exact) mass is 411 g/mol. The summed E-state index contributed by atoms with van der Waals surface area (Å²) in [6.07, 6.45) is 1.46. The number of carbonyl (C=O) groups excluding carboxylic acids is 2. The first-order chi connectivity index (χ1) is 14.5. The highest BCUT2D eigenvalue weighted by atomic mass is 19.1. The topological polar surface area (TPSA) is 76.1 Å². The number of carbonyl (C=O) groups is 2. The molecule has 2 saturated heterocycles. The Kier molecular flexibility index (Phi) is 5.55. The lowest BCUT2D eigenvalue weighted by Gasteiger charge is -2.27. The van der Waals surface area contributed by atoms with E-state index in [0.717, 1.165) is 12.8 Å². The fraction of sp³-hybridized carbons (Fsp3) is 0.304. The molecule has 2 aromatic rings. The Morgan fingerprint density at radius 1 is 1.23 bits per heavy atom. The van der Waals surface area contributed by atoms with E-state index in [1.54, 1.807) is 30.3 Å². The Hall–Kier alpha value is -3.19. The first-order valence-electron chi connectivity index (χ1n) is 9.79. The van der Waals surface area contributed by atoms with E-state index in [4.69, 9.17) is 9.47 Å². The number of rotatable bonds is 5. The SMILES string of the molecule is COc1ccc(C(O)=C2C(=O)C(=O)N(CC3CCCO3)C2c2cccc(F)c2)cc1. The second kappa shape index (κ2) is 8.28. The Balaban J connectivity index is 1.81. The zero-order valence-electron chi connectivity index (χ0n) is 16.5. The van der Waals surface area contributed by atoms with Crippen molar-refractivity contribution in [3.63, 3.8) is 0 Å². The minimum Gasteiger partial charge on any atom is -0.507 e. The lowest BCUT2D eigenvalue weighted by molar-refractivity contribution is -0.140. The van der Waals surface area contributed by atoms with E-state index in [9.17, 15) is 19.1 Å². The molecule has 2 heterocycles. The van der Waals surface area contributed by atoms with Crippen molar-refractivity contribution < 1.29 is 28.6 Å². The quantitative estimate of drug-likeness (QED) is 0.463. The van der Waals surface area contributed by atoms with Gasteiger partial charge in [-0.1, -0.05) is 12.1 Å². The summed E-state index contributed by atoms with van der Waals surface area (Å²) in [5.74, 6) is -1.72. The lowest BCUT2D eigenvalue weighted by Crippen LogP contribution is -2.36. The van der Waals surface area contributed by atoms with Crippen molar-refractivity contribution in [3.05, 3.63) is 71.0 Å². The molecular formula is C23H22FNO5. The summed E-state index contributed by atoms with van der Waals surface area (Å²) in [7, 11) is 1.52. The van der Waals surface area contributed by atoms with Gasteiger partial charge in [0, 0.05) is 18.7 Å². The Morgan fingerprint density at radius 2 is 2.00 bits per heavy atom. The van der Waals surface area contributed by atoms with Crippen LogP contribution in [0.25, 0.3) is 5.76 Å². The van der Waals surface area contributed by atoms with Crippen LogP contribution in [0.3, 0.4) is 0 Å². The number of halogens is 1. The van der Waals surface area contributed by atoms with Gasteiger partial charge in [-0.2, -0.15) is 0 Å². The maximum Gasteiger partial charge on any atom is 0.295 e. The minimum absolute atomic E-state index is 0.0613. The van der Waals surface area contributed by atoms with Gasteiger partial charge < -0.3 is 19.5 Å². The van der Waals surface area contributed by atoms with Crippen molar-refractivity contribution in [2.45, 2.75) is 25.0 Å². The number of amides is 1. The number of nitrogens with zero attached hydrogens (tertiary/aromatic N) is 1. The van der Waals surface area contributed by atoms with Gasteiger partial charge in [-0.15, -0.1) is 0 Å². The number of ether oxygens (including phenoxy) is 2. The predicted octanol–water partition coefficient (Wildman–Crippen LogP) is 3.44. The van der Waals surface area contributed by atoms with Crippen molar-refractivity contribution in [1.29, 1.82) is 0 Å². The van der Waals surface area contributed by atoms with Gasteiger partial charge in [0.2, 0.25) is 0 Å². The number of Topliss-reactive ketones (excluding diaryl/α,β-unsaturated/α-hetero) is 1. The van der Waals surface area contributed by atoms with Crippen molar-refractivity contribution in [3.8, 4) is 5.75 Å². The van der Waals surface area contributed by atoms with E-state index in [0.29, 0.717) is 23.5 Å². The Labute approximate surface area is 173 Å². The molecule has 2 unspecified atom stereocenters. The van der Waals surface area contributed by atoms with Crippen LogP contribution in [0.2, 0.25) is 0 Å². The van der Waals surface area contributed by atoms with Gasteiger partial charge in [0.15, 0.2) is 0 Å². The fourth-order valence-corrected chi connectivity index (χ4v) is 4.00. The van der Waals surface area contributed by atoms with Gasteiger partial charge in [-0.25, -0.2) is 4.39 Å². The second-order valence-corrected chi connectivity index (χ2v) is 7.37. The average Bonchev–Trinajstić information content (AvgIpc) is 3.36. The van der Waals surface area contributed by atoms with Gasteiger partial charge in [0.1, 0.15) is 17.3 Å². The largest absolute Gasteiger partial charge is 0.507 e. The number of likely N-dealkylation sites (tertiary alicyclic amines) is 1. The molecule has 7 heteroatoms. The highest BCUT2D eigenvalue weighted by Gasteiger charge is 2.47. The highest BCUT2D eigenvalue weighted by molar-refractivity contribution is 6.46. The smallest absolute Gasteiger partial charge is 0.295 e. The van der Waals surface area contributed by atoms with Crippen LogP contribution in [0, 0.1) is 5.82 Å². The van der Waals surface area contributed by atoms with E-state index in [1.165, 1.54) is 30.2 Å². The van der Waals surface area contributed by atoms with E-state index >= 15 is 0 Å². The van der Waals surface area contributed by atoms with Gasteiger partial charge in [0.25, 0.3) is 11.7 Å². The standard InChI is InChI=1S/C23H22FNO5/c1-29-17-9-7-14(8-10-17)21(26)19-20(15-4-2-5-16(24)12-15)25(23(28)22(19)27)13-18-6-3-11-30-18/h2,4-5,7-10,12,18,20,26H,3,6,11,13H2,1H3. The zero-order chi connectivity index (χ0) is 21.3. The van der Waals surface area contributed by atoms with Crippen LogP contribution in [0.1, 0.15) is 30.0 Å². The van der Waals surface area contributed by atoms with Crippen LogP contribution in [0.5, 0.6) is 5.75 Å². The molecule has 0 saturated carbocycles. The molecule has 0 aromatic heterocycles. The molecule has 6 nitrogen and oxygen atoms in total. The summed E-state index contributed by atoms with van der Waals surface area (Å²) in [5.41, 5.74) is 0.725. The fourth-order valence-electron chi connectivity index (χ4n) is 4.00. The van der Waals surface area contributed by atoms with E-state index in [2.05, 4.69) is 0 Å². The minimum atomic E-state index is -0.896. The third kappa shape index (κ3) is 3.68. The summed E-state index contributed by atoms with van der Waals surface area (Å²) < 4.78 is 24.7. The predicted molar refractivity (Wildman–Crippen MR) is 107 cm³/mol. The number of benzene rings is 2. The summed E-state index contributed by atoms with van der Waals surface area (Å²) in [4.78, 5) is 27.2. The number of aliphatic hydroxyl groups is 1. The van der Waals surface area contributed by atoms with Crippen LogP contribution in [-0.4, -0.2) is 48.1 Å². The number of ketones is 1. The molecule has 1 N–H and O–H groups in total. The first-order valence-corrected chi connectivity index (χ1v) is 9.79. The molecule has 1 amide bonds. The number of methoxy groups -OCH3 is 1. The molecule has 4 rings (SSSR count). The maximum atomic E-state index is 14.0. The van der Waals surface area contributed by atoms with E-state index < -0.39 is 23.5 Å². The van der Waals surface area contributed by atoms with E-state index in [1.807, 2.05) is 0 Å². The third-order valence-corrected chi connectivity index (χ3v) is 5.49. The molecule has 0 radical (unpaired) electrons. The average molecular weight is 411 g/mol. The molecule has 0 aliphatic carbocycles. The van der Waals surface area contributed by atoms with Crippen molar-refractivity contribution in [2.24, 2.45) is 0 Å². The van der Waals surface area contributed by atoms with Crippen molar-refractivity contribution in [1.82, 2.24) is 4.90 Å². The lowest BCUT2D eigenvalue weighted by atomic mass is 9.95. The number of hydrogen-bond acceptors (Lipinski definition) is 5. The first kappa shape index (κ1) is 20.1. The Morgan fingerprint density at radius 3 is 2.63 bits per heavy atom. The number of aliphatic hydroxyl groups excluding tert-OH is 1. The summed E-state index contributed by atoms with van der Waals surface area (Å²) in [6, 6.07) is 11.3. The summed E-state index contributed by atoms with van der Waals surface area (Å²) >= 11 is 0. The van der Waals surface area contributed by atoms with Crippen LogP contribution in [0.15, 0.2) is 54.1 Å². The maximum absolute atomic E-state index is 14.0. The summed E-state index contributed by atoms with van der Waals surface area (Å²) in [6.45, 7) is 0.802. The second-order valence-electron chi connectivity index (χ2n) is 7.37. The normalized spacial score (nSPS) is 23.2. The molecule has 30 heavy (non-hydrogen) atoms. The van der Waals surface area contributed by atoms with Crippen LogP contribution >= 0.6 is 0 Å². The molecule has 2 atom stereocenters. The Bertz CT molecular complexity index is 995. The van der Waals surface area contributed by atoms with Crippen molar-refractivity contribution >= 4 is 17.4 Å². The number of hydrogen-bond donors (Lipinski definition) is 1. The zero-order valence-corrected chi connectivity index (χ0v) is 16.5. The molecule has 2 aliphatic rings. The summed E-state index contributed by atoms with van der Waals surface area (Å²) in [5, 5.41) is 11.0. The molecule has 2 fully saturated rings. The molecule has 2 aliphatic heterocycles. The van der Waals surface area contributed by atoms with Crippen LogP contribution < -0.4 is 4.74 Å². The van der Waals surface area contributed by atoms with Crippen LogP contribution in [-0.2, 0) is 14.3 Å². The van der Waals surface area contributed by atoms with Gasteiger partial charge in [0.05, 0.1) is 24.8 Å². The molecule has 156 valence electrons. The highest BCUT2D eigenvalue weighted by Crippen LogP contribution is 2.40. The molecule has 2 aromatic carbocycles.